The third kappa shape index (κ3) is 3.20. The van der Waals surface area contributed by atoms with Gasteiger partial charge in [-0.3, -0.25) is 9.48 Å². The molecule has 2 aromatic rings. The van der Waals surface area contributed by atoms with Gasteiger partial charge >= 0.3 is 0 Å². The minimum absolute atomic E-state index is 0.151. The Balaban J connectivity index is 1.50. The molecule has 1 aliphatic heterocycles. The van der Waals surface area contributed by atoms with E-state index in [-0.39, 0.29) is 5.91 Å². The number of amides is 1. The summed E-state index contributed by atoms with van der Waals surface area (Å²) >= 11 is 6.11. The Hall–Kier alpha value is -2.01. The minimum Gasteiger partial charge on any atom is -0.371 e. The average Bonchev–Trinajstić information content (AvgIpc) is 3.05. The van der Waals surface area contributed by atoms with Crippen LogP contribution in [-0.4, -0.2) is 35.3 Å². The number of halogens is 1. The maximum Gasteiger partial charge on any atom is 0.256 e. The van der Waals surface area contributed by atoms with Gasteiger partial charge in [-0.1, -0.05) is 29.8 Å². The third-order valence-electron chi connectivity index (χ3n) is 4.25. The molecule has 0 bridgehead atoms. The molecule has 1 N–H and O–H groups in total. The van der Waals surface area contributed by atoms with Crippen LogP contribution < -0.4 is 10.2 Å². The van der Waals surface area contributed by atoms with Gasteiger partial charge in [-0.25, -0.2) is 0 Å². The lowest BCUT2D eigenvalue weighted by atomic mass is 10.2. The highest BCUT2D eigenvalue weighted by Crippen LogP contribution is 2.27. The Bertz CT molecular complexity index is 725. The molecule has 0 spiro atoms. The van der Waals surface area contributed by atoms with Crippen molar-refractivity contribution in [1.82, 2.24) is 15.1 Å². The molecule has 0 radical (unpaired) electrons. The van der Waals surface area contributed by atoms with Crippen LogP contribution in [0, 0.1) is 6.92 Å². The third-order valence-corrected chi connectivity index (χ3v) is 4.69. The summed E-state index contributed by atoms with van der Waals surface area (Å²) in [5, 5.41) is 7.48. The summed E-state index contributed by atoms with van der Waals surface area (Å²) < 4.78 is 1.52. The van der Waals surface area contributed by atoms with Crippen molar-refractivity contribution in [2.45, 2.75) is 19.8 Å². The van der Waals surface area contributed by atoms with Crippen molar-refractivity contribution in [2.24, 2.45) is 7.05 Å². The fourth-order valence-electron chi connectivity index (χ4n) is 3.09. The molecular formula is C17H21ClN4O. The number of anilines is 1. The second-order valence-corrected chi connectivity index (χ2v) is 6.21. The number of hydrogen-bond donors (Lipinski definition) is 1. The smallest absolute Gasteiger partial charge is 0.256 e. The number of benzene rings is 1. The number of para-hydroxylation sites is 1. The zero-order valence-electron chi connectivity index (χ0n) is 13.5. The number of aryl methyl sites for hydroxylation is 2. The van der Waals surface area contributed by atoms with Crippen LogP contribution in [-0.2, 0) is 13.5 Å². The topological polar surface area (TPSA) is 50.2 Å². The van der Waals surface area contributed by atoms with Crippen molar-refractivity contribution in [2.75, 3.05) is 24.5 Å². The highest BCUT2D eigenvalue weighted by atomic mass is 35.5. The number of nitrogens with zero attached hydrogens (tertiary/aromatic N) is 3. The van der Waals surface area contributed by atoms with Gasteiger partial charge in [0, 0.05) is 32.4 Å². The molecule has 122 valence electrons. The lowest BCUT2D eigenvalue weighted by Gasteiger charge is -2.19. The Morgan fingerprint density at radius 1 is 1.39 bits per heavy atom. The molecular weight excluding hydrogens is 312 g/mol. The van der Waals surface area contributed by atoms with E-state index in [2.05, 4.69) is 39.6 Å². The summed E-state index contributed by atoms with van der Waals surface area (Å²) in [6.07, 6.45) is 2.00. The first kappa shape index (κ1) is 15.9. The zero-order valence-corrected chi connectivity index (χ0v) is 14.2. The Kier molecular flexibility index (Phi) is 4.57. The fourth-order valence-corrected chi connectivity index (χ4v) is 3.35. The number of rotatable bonds is 5. The summed E-state index contributed by atoms with van der Waals surface area (Å²) in [6.45, 7) is 4.42. The van der Waals surface area contributed by atoms with Gasteiger partial charge in [0.25, 0.3) is 5.91 Å². The van der Waals surface area contributed by atoms with Gasteiger partial charge in [0.1, 0.15) is 5.15 Å². The molecule has 1 aromatic heterocycles. The van der Waals surface area contributed by atoms with Crippen molar-refractivity contribution >= 4 is 23.2 Å². The molecule has 1 aliphatic rings. The normalized spacial score (nSPS) is 13.3. The standard InChI is InChI=1S/C17H21ClN4O/c1-12-15(16(18)21(2)20-12)17(23)19-9-5-10-22-11-8-13-6-3-4-7-14(13)22/h3-4,6-7H,5,8-11H2,1-2H3,(H,19,23). The van der Waals surface area contributed by atoms with E-state index in [0.29, 0.717) is 23.0 Å². The Morgan fingerprint density at radius 3 is 2.91 bits per heavy atom. The van der Waals surface area contributed by atoms with Crippen LogP contribution in [0.2, 0.25) is 5.15 Å². The molecule has 0 fully saturated rings. The van der Waals surface area contributed by atoms with Gasteiger partial charge in [0.15, 0.2) is 0 Å². The van der Waals surface area contributed by atoms with E-state index in [1.165, 1.54) is 15.9 Å². The number of fused-ring (bicyclic) bond motifs is 1. The second kappa shape index (κ2) is 6.62. The molecule has 0 saturated carbocycles. The summed E-state index contributed by atoms with van der Waals surface area (Å²) in [7, 11) is 1.73. The lowest BCUT2D eigenvalue weighted by Crippen LogP contribution is -2.29. The summed E-state index contributed by atoms with van der Waals surface area (Å²) in [4.78, 5) is 14.6. The molecule has 5 nitrogen and oxygen atoms in total. The first-order chi connectivity index (χ1) is 11.1. The molecule has 1 aromatic carbocycles. The van der Waals surface area contributed by atoms with E-state index in [1.54, 1.807) is 14.0 Å². The van der Waals surface area contributed by atoms with Gasteiger partial charge in [0.2, 0.25) is 0 Å². The monoisotopic (exact) mass is 332 g/mol. The minimum atomic E-state index is -0.151. The van der Waals surface area contributed by atoms with Crippen LogP contribution in [0.4, 0.5) is 5.69 Å². The number of carbonyl (C=O) groups is 1. The maximum atomic E-state index is 12.2. The number of hydrogen-bond acceptors (Lipinski definition) is 3. The fraction of sp³-hybridized carbons (Fsp3) is 0.412. The highest BCUT2D eigenvalue weighted by molar-refractivity contribution is 6.33. The van der Waals surface area contributed by atoms with Crippen LogP contribution >= 0.6 is 11.6 Å². The van der Waals surface area contributed by atoms with Crippen molar-refractivity contribution in [3.63, 3.8) is 0 Å². The summed E-state index contributed by atoms with van der Waals surface area (Å²) in [6, 6.07) is 8.51. The predicted octanol–water partition coefficient (Wildman–Crippen LogP) is 2.56. The van der Waals surface area contributed by atoms with Crippen molar-refractivity contribution in [3.05, 3.63) is 46.2 Å². The summed E-state index contributed by atoms with van der Waals surface area (Å²) in [5.74, 6) is -0.151. The molecule has 2 heterocycles. The van der Waals surface area contributed by atoms with Crippen LogP contribution in [0.1, 0.15) is 28.0 Å². The largest absolute Gasteiger partial charge is 0.371 e. The van der Waals surface area contributed by atoms with Crippen LogP contribution in [0.3, 0.4) is 0 Å². The van der Waals surface area contributed by atoms with Gasteiger partial charge in [-0.15, -0.1) is 0 Å². The van der Waals surface area contributed by atoms with Gasteiger partial charge in [-0.2, -0.15) is 5.10 Å². The maximum absolute atomic E-state index is 12.2. The van der Waals surface area contributed by atoms with E-state index in [0.717, 1.165) is 25.9 Å². The van der Waals surface area contributed by atoms with E-state index >= 15 is 0 Å². The quantitative estimate of drug-likeness (QED) is 0.856. The molecule has 3 rings (SSSR count). The second-order valence-electron chi connectivity index (χ2n) is 5.85. The lowest BCUT2D eigenvalue weighted by molar-refractivity contribution is 0.0953. The van der Waals surface area contributed by atoms with Crippen molar-refractivity contribution < 1.29 is 4.79 Å². The Morgan fingerprint density at radius 2 is 2.17 bits per heavy atom. The van der Waals surface area contributed by atoms with E-state index in [4.69, 9.17) is 11.6 Å². The molecule has 0 unspecified atom stereocenters. The number of nitrogens with one attached hydrogen (secondary N) is 1. The first-order valence-corrected chi connectivity index (χ1v) is 8.26. The predicted molar refractivity (Wildman–Crippen MR) is 92.3 cm³/mol. The average molecular weight is 333 g/mol. The van der Waals surface area contributed by atoms with Gasteiger partial charge in [0.05, 0.1) is 11.3 Å². The van der Waals surface area contributed by atoms with E-state index in [1.807, 2.05) is 0 Å². The number of aromatic nitrogens is 2. The van der Waals surface area contributed by atoms with Gasteiger partial charge in [-0.05, 0) is 31.4 Å². The SMILES string of the molecule is Cc1nn(C)c(Cl)c1C(=O)NCCCN1CCc2ccccc21. The van der Waals surface area contributed by atoms with Crippen LogP contribution in [0.5, 0.6) is 0 Å². The molecule has 6 heteroatoms. The molecule has 0 atom stereocenters. The molecule has 23 heavy (non-hydrogen) atoms. The molecule has 0 saturated heterocycles. The van der Waals surface area contributed by atoms with E-state index in [9.17, 15) is 4.79 Å². The zero-order chi connectivity index (χ0) is 16.4. The summed E-state index contributed by atoms with van der Waals surface area (Å²) in [5.41, 5.74) is 3.86. The van der Waals surface area contributed by atoms with Gasteiger partial charge < -0.3 is 10.2 Å². The van der Waals surface area contributed by atoms with E-state index < -0.39 is 0 Å². The van der Waals surface area contributed by atoms with Crippen molar-refractivity contribution in [3.8, 4) is 0 Å². The van der Waals surface area contributed by atoms with Crippen LogP contribution in [0.15, 0.2) is 24.3 Å². The molecule has 0 aliphatic carbocycles. The van der Waals surface area contributed by atoms with Crippen LogP contribution in [0.25, 0.3) is 0 Å². The highest BCUT2D eigenvalue weighted by Gasteiger charge is 2.19. The van der Waals surface area contributed by atoms with Crippen molar-refractivity contribution in [1.29, 1.82) is 0 Å². The molecule has 1 amide bonds. The first-order valence-electron chi connectivity index (χ1n) is 7.88. The number of carbonyl (C=O) groups excluding carboxylic acids is 1. The Labute approximate surface area is 141 Å².